The summed E-state index contributed by atoms with van der Waals surface area (Å²) in [5.74, 6) is 0. The van der Waals surface area contributed by atoms with E-state index in [1.54, 1.807) is 11.3 Å². The molecule has 1 heterocycles. The topological polar surface area (TPSA) is 15.9 Å². The number of rotatable bonds is 4. The molecule has 0 fully saturated rings. The quantitative estimate of drug-likeness (QED) is 0.819. The third-order valence-corrected chi connectivity index (χ3v) is 3.64. The average molecular weight is 261 g/mol. The second-order valence-electron chi connectivity index (χ2n) is 5.05. The molecule has 0 aliphatic carbocycles. The molecule has 0 radical (unpaired) electrons. The third kappa shape index (κ3) is 2.72. The molecule has 0 saturated carbocycles. The van der Waals surface area contributed by atoms with Gasteiger partial charge in [0.15, 0.2) is 0 Å². The van der Waals surface area contributed by atoms with Gasteiger partial charge in [-0.25, -0.2) is 4.57 Å². The minimum absolute atomic E-state index is 0.452. The van der Waals surface area contributed by atoms with Crippen LogP contribution in [0.1, 0.15) is 33.7 Å². The molecule has 18 heavy (non-hydrogen) atoms. The van der Waals surface area contributed by atoms with E-state index >= 15 is 0 Å². The van der Waals surface area contributed by atoms with Crippen molar-refractivity contribution >= 4 is 16.5 Å². The van der Waals surface area contributed by atoms with Crippen LogP contribution in [0.4, 0.5) is 5.13 Å². The Bertz CT molecular complexity index is 500. The second kappa shape index (κ2) is 5.53. The molecule has 2 rings (SSSR count). The van der Waals surface area contributed by atoms with Crippen LogP contribution in [0.15, 0.2) is 35.7 Å². The van der Waals surface area contributed by atoms with Gasteiger partial charge in [0.25, 0.3) is 0 Å². The molecule has 0 spiro atoms. The highest BCUT2D eigenvalue weighted by atomic mass is 32.1. The van der Waals surface area contributed by atoms with Gasteiger partial charge in [-0.3, -0.25) is 5.32 Å². The molecule has 2 nitrogen and oxygen atoms in total. The summed E-state index contributed by atoms with van der Waals surface area (Å²) in [6.07, 6.45) is 0. The van der Waals surface area contributed by atoms with Crippen molar-refractivity contribution in [1.29, 1.82) is 0 Å². The van der Waals surface area contributed by atoms with E-state index in [-0.39, 0.29) is 0 Å². The van der Waals surface area contributed by atoms with E-state index < -0.39 is 0 Å². The van der Waals surface area contributed by atoms with Crippen LogP contribution in [0, 0.1) is 0 Å². The number of nitrogens with one attached hydrogen (secondary N) is 1. The van der Waals surface area contributed by atoms with Crippen LogP contribution in [0.25, 0.3) is 11.3 Å². The summed E-state index contributed by atoms with van der Waals surface area (Å²) in [4.78, 5) is 0. The molecule has 0 saturated heterocycles. The molecule has 96 valence electrons. The summed E-state index contributed by atoms with van der Waals surface area (Å²) < 4.78 is 2.38. The minimum atomic E-state index is 0.452. The lowest BCUT2D eigenvalue weighted by Gasteiger charge is -2.10. The SMILES string of the molecule is CC(C)Nc1scc(-c2ccccc2)[n+]1C(C)C. The van der Waals surface area contributed by atoms with Crippen molar-refractivity contribution < 1.29 is 4.57 Å². The van der Waals surface area contributed by atoms with Gasteiger partial charge in [-0.1, -0.05) is 41.7 Å². The minimum Gasteiger partial charge on any atom is -0.263 e. The van der Waals surface area contributed by atoms with Gasteiger partial charge in [-0.2, -0.15) is 0 Å². The van der Waals surface area contributed by atoms with Crippen molar-refractivity contribution in [2.24, 2.45) is 0 Å². The molecule has 1 N–H and O–H groups in total. The first-order valence-corrected chi connectivity index (χ1v) is 7.32. The van der Waals surface area contributed by atoms with Crippen LogP contribution >= 0.6 is 11.3 Å². The Morgan fingerprint density at radius 3 is 2.28 bits per heavy atom. The van der Waals surface area contributed by atoms with Crippen molar-refractivity contribution in [2.75, 3.05) is 5.32 Å². The van der Waals surface area contributed by atoms with E-state index in [4.69, 9.17) is 0 Å². The maximum absolute atomic E-state index is 3.53. The van der Waals surface area contributed by atoms with Gasteiger partial charge in [0.05, 0.1) is 12.1 Å². The van der Waals surface area contributed by atoms with Crippen molar-refractivity contribution in [2.45, 2.75) is 39.8 Å². The lowest BCUT2D eigenvalue weighted by atomic mass is 10.1. The van der Waals surface area contributed by atoms with Crippen molar-refractivity contribution in [3.05, 3.63) is 35.7 Å². The molecule has 0 aliphatic heterocycles. The smallest absolute Gasteiger partial charge is 0.263 e. The largest absolute Gasteiger partial charge is 0.334 e. The first-order chi connectivity index (χ1) is 8.59. The van der Waals surface area contributed by atoms with E-state index in [9.17, 15) is 0 Å². The number of nitrogens with zero attached hydrogens (tertiary/aromatic N) is 1. The lowest BCUT2D eigenvalue weighted by molar-refractivity contribution is -0.688. The van der Waals surface area contributed by atoms with E-state index in [0.29, 0.717) is 12.1 Å². The number of aromatic nitrogens is 1. The van der Waals surface area contributed by atoms with Crippen LogP contribution in [-0.2, 0) is 0 Å². The summed E-state index contributed by atoms with van der Waals surface area (Å²) in [6.45, 7) is 8.80. The van der Waals surface area contributed by atoms with Gasteiger partial charge in [0.1, 0.15) is 5.69 Å². The summed E-state index contributed by atoms with van der Waals surface area (Å²) >= 11 is 1.78. The van der Waals surface area contributed by atoms with E-state index in [1.165, 1.54) is 16.4 Å². The highest BCUT2D eigenvalue weighted by Crippen LogP contribution is 2.25. The Kier molecular flexibility index (Phi) is 4.02. The van der Waals surface area contributed by atoms with Crippen LogP contribution in [0.2, 0.25) is 0 Å². The molecular weight excluding hydrogens is 240 g/mol. The highest BCUT2D eigenvalue weighted by Gasteiger charge is 2.21. The fourth-order valence-corrected chi connectivity index (χ4v) is 3.21. The van der Waals surface area contributed by atoms with Crippen molar-refractivity contribution in [3.63, 3.8) is 0 Å². The van der Waals surface area contributed by atoms with Gasteiger partial charge in [0.2, 0.25) is 0 Å². The zero-order valence-corrected chi connectivity index (χ0v) is 12.3. The Morgan fingerprint density at radius 2 is 1.72 bits per heavy atom. The van der Waals surface area contributed by atoms with Crippen molar-refractivity contribution in [1.82, 2.24) is 0 Å². The molecule has 0 aliphatic rings. The molecule has 1 aromatic carbocycles. The normalized spacial score (nSPS) is 11.2. The molecule has 1 aromatic heterocycles. The molecule has 3 heteroatoms. The first-order valence-electron chi connectivity index (χ1n) is 6.44. The Labute approximate surface area is 113 Å². The van der Waals surface area contributed by atoms with Gasteiger partial charge < -0.3 is 0 Å². The fourth-order valence-electron chi connectivity index (χ4n) is 2.01. The predicted molar refractivity (Wildman–Crippen MR) is 79.1 cm³/mol. The number of benzene rings is 1. The van der Waals surface area contributed by atoms with Crippen LogP contribution in [-0.4, -0.2) is 6.04 Å². The fraction of sp³-hybridized carbons (Fsp3) is 0.400. The molecule has 0 amide bonds. The zero-order chi connectivity index (χ0) is 13.1. The van der Waals surface area contributed by atoms with Gasteiger partial charge >= 0.3 is 5.13 Å². The average Bonchev–Trinajstić information content (AvgIpc) is 2.73. The maximum atomic E-state index is 3.53. The lowest BCUT2D eigenvalue weighted by Crippen LogP contribution is -2.40. The van der Waals surface area contributed by atoms with E-state index in [0.717, 1.165) is 0 Å². The summed E-state index contributed by atoms with van der Waals surface area (Å²) in [5.41, 5.74) is 2.57. The monoisotopic (exact) mass is 261 g/mol. The van der Waals surface area contributed by atoms with Crippen molar-refractivity contribution in [3.8, 4) is 11.3 Å². The zero-order valence-electron chi connectivity index (χ0n) is 11.5. The van der Waals surface area contributed by atoms with Gasteiger partial charge in [-0.15, -0.1) is 0 Å². The molecule has 0 atom stereocenters. The molecular formula is C15H21N2S+. The Morgan fingerprint density at radius 1 is 1.06 bits per heavy atom. The predicted octanol–water partition coefficient (Wildman–Crippen LogP) is 4.10. The molecule has 0 bridgehead atoms. The van der Waals surface area contributed by atoms with Gasteiger partial charge in [0, 0.05) is 10.9 Å². The van der Waals surface area contributed by atoms with E-state index in [1.807, 2.05) is 0 Å². The number of hydrogen-bond acceptors (Lipinski definition) is 2. The van der Waals surface area contributed by atoms with Gasteiger partial charge in [-0.05, 0) is 27.7 Å². The molecule has 0 unspecified atom stereocenters. The van der Waals surface area contributed by atoms with E-state index in [2.05, 4.69) is 73.3 Å². The summed E-state index contributed by atoms with van der Waals surface area (Å²) in [5, 5.41) is 7.00. The number of anilines is 1. The Balaban J connectivity index is 2.46. The van der Waals surface area contributed by atoms with Crippen LogP contribution in [0.3, 0.4) is 0 Å². The third-order valence-electron chi connectivity index (χ3n) is 2.76. The summed E-state index contributed by atoms with van der Waals surface area (Å²) in [6, 6.07) is 11.5. The highest BCUT2D eigenvalue weighted by molar-refractivity contribution is 7.13. The second-order valence-corrected chi connectivity index (χ2v) is 5.91. The molecule has 2 aromatic rings. The van der Waals surface area contributed by atoms with Crippen LogP contribution < -0.4 is 9.88 Å². The Hall–Kier alpha value is -1.35. The number of thiazole rings is 1. The first kappa shape index (κ1) is 13.1. The summed E-state index contributed by atoms with van der Waals surface area (Å²) in [7, 11) is 0. The standard InChI is InChI=1S/C15H20N2S/c1-11(2)16-15-17(12(3)4)14(10-18-15)13-8-6-5-7-9-13/h5-12H,1-4H3/p+1. The maximum Gasteiger partial charge on any atom is 0.334 e. The number of hydrogen-bond donors (Lipinski definition) is 1. The van der Waals surface area contributed by atoms with Crippen LogP contribution in [0.5, 0.6) is 0 Å².